The molecule has 0 aliphatic heterocycles. The van der Waals surface area contributed by atoms with Crippen molar-refractivity contribution in [1.29, 1.82) is 0 Å². The van der Waals surface area contributed by atoms with Gasteiger partial charge in [0.15, 0.2) is 0 Å². The first-order valence-electron chi connectivity index (χ1n) is 5.63. The Morgan fingerprint density at radius 2 is 2.12 bits per heavy atom. The molecule has 0 aromatic heterocycles. The largest absolute Gasteiger partial charge is 0.390 e. The second kappa shape index (κ2) is 7.67. The lowest BCUT2D eigenvalue weighted by Gasteiger charge is -2.12. The zero-order valence-corrected chi connectivity index (χ0v) is 11.0. The molecule has 1 aromatic rings. The summed E-state index contributed by atoms with van der Waals surface area (Å²) < 4.78 is 10.1. The fourth-order valence-electron chi connectivity index (χ4n) is 1.49. The minimum atomic E-state index is -0.535. The van der Waals surface area contributed by atoms with Crippen LogP contribution >= 0.6 is 11.6 Å². The smallest absolute Gasteiger partial charge is 0.0814 e. The van der Waals surface area contributed by atoms with Crippen LogP contribution in [-0.4, -0.2) is 38.1 Å². The topological polar surface area (TPSA) is 38.7 Å². The zero-order valence-electron chi connectivity index (χ0n) is 10.3. The van der Waals surface area contributed by atoms with Crippen molar-refractivity contribution in [2.24, 2.45) is 0 Å². The van der Waals surface area contributed by atoms with Crippen molar-refractivity contribution < 1.29 is 14.6 Å². The predicted molar refractivity (Wildman–Crippen MR) is 68.6 cm³/mol. The van der Waals surface area contributed by atoms with E-state index in [9.17, 15) is 5.11 Å². The molecule has 0 heterocycles. The van der Waals surface area contributed by atoms with Gasteiger partial charge in [-0.1, -0.05) is 23.7 Å². The minimum Gasteiger partial charge on any atom is -0.390 e. The van der Waals surface area contributed by atoms with Crippen molar-refractivity contribution in [3.05, 3.63) is 34.3 Å². The first-order valence-corrected chi connectivity index (χ1v) is 6.01. The van der Waals surface area contributed by atoms with Crippen molar-refractivity contribution in [2.45, 2.75) is 19.4 Å². The molecule has 0 bridgehead atoms. The van der Waals surface area contributed by atoms with Gasteiger partial charge in [-0.05, 0) is 24.1 Å². The molecule has 1 rings (SSSR count). The molecule has 0 spiro atoms. The Balaban J connectivity index is 2.37. The number of aliphatic hydroxyl groups is 1. The van der Waals surface area contributed by atoms with Crippen molar-refractivity contribution in [3.63, 3.8) is 0 Å². The third kappa shape index (κ3) is 5.50. The molecular weight excluding hydrogens is 240 g/mol. The summed E-state index contributed by atoms with van der Waals surface area (Å²) in [5.41, 5.74) is 2.06. The van der Waals surface area contributed by atoms with Gasteiger partial charge in [0.05, 0.1) is 25.9 Å². The van der Waals surface area contributed by atoms with Crippen LogP contribution in [0.2, 0.25) is 5.02 Å². The summed E-state index contributed by atoms with van der Waals surface area (Å²) in [5, 5.41) is 10.5. The second-order valence-corrected chi connectivity index (χ2v) is 4.43. The van der Waals surface area contributed by atoms with E-state index < -0.39 is 6.10 Å². The third-order valence-electron chi connectivity index (χ3n) is 2.41. The van der Waals surface area contributed by atoms with Crippen LogP contribution in [-0.2, 0) is 15.9 Å². The molecule has 0 amide bonds. The Kier molecular flexibility index (Phi) is 6.52. The van der Waals surface area contributed by atoms with Gasteiger partial charge in [0.25, 0.3) is 0 Å². The lowest BCUT2D eigenvalue weighted by molar-refractivity contribution is 0.0137. The summed E-state index contributed by atoms with van der Waals surface area (Å²) in [6.07, 6.45) is -0.0291. The van der Waals surface area contributed by atoms with E-state index >= 15 is 0 Å². The Morgan fingerprint density at radius 3 is 2.76 bits per heavy atom. The number of benzene rings is 1. The van der Waals surface area contributed by atoms with Gasteiger partial charge in [-0.15, -0.1) is 0 Å². The molecule has 0 fully saturated rings. The average molecular weight is 259 g/mol. The summed E-state index contributed by atoms with van der Waals surface area (Å²) in [6, 6.07) is 5.82. The van der Waals surface area contributed by atoms with Crippen molar-refractivity contribution in [3.8, 4) is 0 Å². The summed E-state index contributed by atoms with van der Waals surface area (Å²) in [7, 11) is 1.62. The Bertz CT molecular complexity index is 341. The number of hydrogen-bond acceptors (Lipinski definition) is 3. The monoisotopic (exact) mass is 258 g/mol. The highest BCUT2D eigenvalue weighted by molar-refractivity contribution is 6.31. The molecular formula is C13H19ClO3. The summed E-state index contributed by atoms with van der Waals surface area (Å²) >= 11 is 6.09. The van der Waals surface area contributed by atoms with E-state index in [-0.39, 0.29) is 0 Å². The van der Waals surface area contributed by atoms with E-state index in [1.165, 1.54) is 0 Å². The number of aliphatic hydroxyl groups excluding tert-OH is 1. The number of aryl methyl sites for hydroxylation is 1. The first-order chi connectivity index (χ1) is 8.13. The van der Waals surface area contributed by atoms with E-state index in [1.807, 2.05) is 25.1 Å². The van der Waals surface area contributed by atoms with Gasteiger partial charge >= 0.3 is 0 Å². The highest BCUT2D eigenvalue weighted by Crippen LogP contribution is 2.19. The van der Waals surface area contributed by atoms with Gasteiger partial charge in [0, 0.05) is 18.6 Å². The Hall–Kier alpha value is -0.610. The number of methoxy groups -OCH3 is 1. The average Bonchev–Trinajstić information content (AvgIpc) is 2.28. The lowest BCUT2D eigenvalue weighted by Crippen LogP contribution is -2.19. The van der Waals surface area contributed by atoms with Gasteiger partial charge in [-0.25, -0.2) is 0 Å². The van der Waals surface area contributed by atoms with Gasteiger partial charge in [-0.2, -0.15) is 0 Å². The molecule has 0 radical (unpaired) electrons. The van der Waals surface area contributed by atoms with Gasteiger partial charge in [-0.3, -0.25) is 0 Å². The molecule has 0 saturated carbocycles. The van der Waals surface area contributed by atoms with Gasteiger partial charge in [0.2, 0.25) is 0 Å². The van der Waals surface area contributed by atoms with Crippen LogP contribution in [0.1, 0.15) is 11.1 Å². The Labute approximate surface area is 107 Å². The predicted octanol–water partition coefficient (Wildman–Crippen LogP) is 2.21. The quantitative estimate of drug-likeness (QED) is 0.763. The maximum absolute atomic E-state index is 9.77. The van der Waals surface area contributed by atoms with Crippen molar-refractivity contribution >= 4 is 11.6 Å². The van der Waals surface area contributed by atoms with E-state index in [1.54, 1.807) is 7.11 Å². The van der Waals surface area contributed by atoms with Crippen LogP contribution in [0, 0.1) is 6.92 Å². The van der Waals surface area contributed by atoms with E-state index in [0.717, 1.165) is 11.1 Å². The second-order valence-electron chi connectivity index (χ2n) is 4.02. The molecule has 1 atom stereocenters. The number of ether oxygens (including phenoxy) is 2. The lowest BCUT2D eigenvalue weighted by atomic mass is 10.1. The third-order valence-corrected chi connectivity index (χ3v) is 2.76. The van der Waals surface area contributed by atoms with Gasteiger partial charge < -0.3 is 14.6 Å². The first kappa shape index (κ1) is 14.5. The molecule has 0 saturated heterocycles. The highest BCUT2D eigenvalue weighted by atomic mass is 35.5. The molecule has 1 unspecified atom stereocenters. The van der Waals surface area contributed by atoms with E-state index in [0.29, 0.717) is 31.3 Å². The molecule has 4 heteroatoms. The maximum atomic E-state index is 9.77. The van der Waals surface area contributed by atoms with Crippen LogP contribution < -0.4 is 0 Å². The Morgan fingerprint density at radius 1 is 1.35 bits per heavy atom. The zero-order chi connectivity index (χ0) is 12.7. The summed E-state index contributed by atoms with van der Waals surface area (Å²) in [4.78, 5) is 0. The van der Waals surface area contributed by atoms with E-state index in [2.05, 4.69) is 0 Å². The summed E-state index contributed by atoms with van der Waals surface area (Å²) in [6.45, 7) is 3.32. The fraction of sp³-hybridized carbons (Fsp3) is 0.538. The van der Waals surface area contributed by atoms with E-state index in [4.69, 9.17) is 21.1 Å². The SMILES string of the molecule is COCCOCC(O)Cc1ccc(C)cc1Cl. The molecule has 17 heavy (non-hydrogen) atoms. The minimum absolute atomic E-state index is 0.299. The number of rotatable bonds is 7. The molecule has 0 aliphatic carbocycles. The highest BCUT2D eigenvalue weighted by Gasteiger charge is 2.08. The fourth-order valence-corrected chi connectivity index (χ4v) is 1.80. The van der Waals surface area contributed by atoms with Gasteiger partial charge in [0.1, 0.15) is 0 Å². The number of hydrogen-bond donors (Lipinski definition) is 1. The molecule has 1 N–H and O–H groups in total. The van der Waals surface area contributed by atoms with Crippen molar-refractivity contribution in [1.82, 2.24) is 0 Å². The van der Waals surface area contributed by atoms with Crippen LogP contribution in [0.5, 0.6) is 0 Å². The van der Waals surface area contributed by atoms with Crippen molar-refractivity contribution in [2.75, 3.05) is 26.9 Å². The standard InChI is InChI=1S/C13H19ClO3/c1-10-3-4-11(13(14)7-10)8-12(15)9-17-6-5-16-2/h3-4,7,12,15H,5-6,8-9H2,1-2H3. The van der Waals surface area contributed by atoms with Crippen LogP contribution in [0.15, 0.2) is 18.2 Å². The molecule has 1 aromatic carbocycles. The van der Waals surface area contributed by atoms with Crippen LogP contribution in [0.25, 0.3) is 0 Å². The van der Waals surface area contributed by atoms with Crippen LogP contribution in [0.3, 0.4) is 0 Å². The molecule has 0 aliphatic rings. The molecule has 96 valence electrons. The maximum Gasteiger partial charge on any atom is 0.0814 e. The summed E-state index contributed by atoms with van der Waals surface area (Å²) in [5.74, 6) is 0. The molecule has 3 nitrogen and oxygen atoms in total. The number of halogens is 1. The normalized spacial score (nSPS) is 12.7. The van der Waals surface area contributed by atoms with Crippen LogP contribution in [0.4, 0.5) is 0 Å².